The molecule has 78 valence electrons. The maximum Gasteiger partial charge on any atom is 0.0524 e. The number of rotatable bonds is 3. The van der Waals surface area contributed by atoms with Gasteiger partial charge >= 0.3 is 0 Å². The van der Waals surface area contributed by atoms with E-state index in [9.17, 15) is 0 Å². The molecule has 3 atom stereocenters. The van der Waals surface area contributed by atoms with Crippen molar-refractivity contribution < 1.29 is 5.11 Å². The number of hydrogen-bond acceptors (Lipinski definition) is 3. The Morgan fingerprint density at radius 3 is 2.85 bits per heavy atom. The first kappa shape index (κ1) is 11.0. The second-order valence-electron chi connectivity index (χ2n) is 4.37. The largest absolute Gasteiger partial charge is 0.393 e. The number of likely N-dealkylation sites (tertiary alicyclic amines) is 1. The highest BCUT2D eigenvalue weighted by Crippen LogP contribution is 2.15. The minimum absolute atomic E-state index is 0.185. The molecule has 3 nitrogen and oxygen atoms in total. The van der Waals surface area contributed by atoms with E-state index < -0.39 is 0 Å². The Morgan fingerprint density at radius 1 is 1.62 bits per heavy atom. The van der Waals surface area contributed by atoms with Gasteiger partial charge in [0, 0.05) is 19.1 Å². The van der Waals surface area contributed by atoms with Crippen LogP contribution in [-0.2, 0) is 0 Å². The summed E-state index contributed by atoms with van der Waals surface area (Å²) in [6.45, 7) is 7.18. The Balaban J connectivity index is 2.21. The summed E-state index contributed by atoms with van der Waals surface area (Å²) in [6, 6.07) is 0.322. The molecule has 0 aromatic heterocycles. The molecular formula is C10H22N2O. The van der Waals surface area contributed by atoms with Gasteiger partial charge in [0.15, 0.2) is 0 Å². The van der Waals surface area contributed by atoms with Crippen molar-refractivity contribution in [3.8, 4) is 0 Å². The summed E-state index contributed by atoms with van der Waals surface area (Å²) in [5.41, 5.74) is 5.97. The summed E-state index contributed by atoms with van der Waals surface area (Å²) in [4.78, 5) is 2.36. The standard InChI is InChI=1S/C10H22N2O/c1-8-3-5-12(7-10(8)11)6-4-9(2)13/h8-10,13H,3-7,11H2,1-2H3. The molecule has 0 spiro atoms. The van der Waals surface area contributed by atoms with Crippen LogP contribution in [0.4, 0.5) is 0 Å². The molecule has 1 saturated heterocycles. The first-order chi connectivity index (χ1) is 6.09. The van der Waals surface area contributed by atoms with Crippen molar-refractivity contribution >= 4 is 0 Å². The summed E-state index contributed by atoms with van der Waals surface area (Å²) in [5.74, 6) is 0.655. The lowest BCUT2D eigenvalue weighted by atomic mass is 9.94. The van der Waals surface area contributed by atoms with Crippen LogP contribution in [0.1, 0.15) is 26.7 Å². The first-order valence-corrected chi connectivity index (χ1v) is 5.25. The summed E-state index contributed by atoms with van der Waals surface area (Å²) < 4.78 is 0. The van der Waals surface area contributed by atoms with Gasteiger partial charge in [-0.2, -0.15) is 0 Å². The normalized spacial score (nSPS) is 33.2. The molecule has 0 saturated carbocycles. The molecule has 0 bridgehead atoms. The Labute approximate surface area is 80.9 Å². The summed E-state index contributed by atoms with van der Waals surface area (Å²) in [6.07, 6.45) is 1.87. The molecule has 0 amide bonds. The Morgan fingerprint density at radius 2 is 2.31 bits per heavy atom. The van der Waals surface area contributed by atoms with Crippen LogP contribution in [0.3, 0.4) is 0 Å². The van der Waals surface area contributed by atoms with Gasteiger partial charge in [-0.25, -0.2) is 0 Å². The highest BCUT2D eigenvalue weighted by Gasteiger charge is 2.22. The fourth-order valence-corrected chi connectivity index (χ4v) is 1.74. The summed E-state index contributed by atoms with van der Waals surface area (Å²) in [5, 5.41) is 9.14. The second kappa shape index (κ2) is 4.94. The van der Waals surface area contributed by atoms with Crippen LogP contribution in [0.2, 0.25) is 0 Å². The van der Waals surface area contributed by atoms with E-state index in [0.29, 0.717) is 12.0 Å². The number of nitrogens with two attached hydrogens (primary N) is 1. The lowest BCUT2D eigenvalue weighted by Crippen LogP contribution is -2.48. The molecule has 1 aliphatic heterocycles. The fraction of sp³-hybridized carbons (Fsp3) is 1.00. The maximum atomic E-state index is 9.14. The average Bonchev–Trinajstić information content (AvgIpc) is 2.07. The molecule has 0 aromatic rings. The van der Waals surface area contributed by atoms with Gasteiger partial charge in [0.05, 0.1) is 6.10 Å². The van der Waals surface area contributed by atoms with Crippen molar-refractivity contribution in [2.24, 2.45) is 11.7 Å². The van der Waals surface area contributed by atoms with Crippen molar-refractivity contribution in [3.05, 3.63) is 0 Å². The van der Waals surface area contributed by atoms with Gasteiger partial charge in [-0.15, -0.1) is 0 Å². The van der Waals surface area contributed by atoms with Gasteiger partial charge in [0.25, 0.3) is 0 Å². The third kappa shape index (κ3) is 3.63. The number of piperidine rings is 1. The van der Waals surface area contributed by atoms with Crippen LogP contribution in [-0.4, -0.2) is 41.8 Å². The van der Waals surface area contributed by atoms with E-state index in [1.54, 1.807) is 0 Å². The molecule has 3 unspecified atom stereocenters. The quantitative estimate of drug-likeness (QED) is 0.672. The SMILES string of the molecule is CC(O)CCN1CCC(C)C(N)C1. The highest BCUT2D eigenvalue weighted by atomic mass is 16.3. The molecule has 1 heterocycles. The topological polar surface area (TPSA) is 49.5 Å². The van der Waals surface area contributed by atoms with Crippen LogP contribution in [0.25, 0.3) is 0 Å². The van der Waals surface area contributed by atoms with Crippen LogP contribution < -0.4 is 5.73 Å². The third-order valence-electron chi connectivity index (χ3n) is 2.96. The van der Waals surface area contributed by atoms with E-state index in [2.05, 4.69) is 11.8 Å². The van der Waals surface area contributed by atoms with E-state index in [0.717, 1.165) is 26.1 Å². The summed E-state index contributed by atoms with van der Waals surface area (Å²) in [7, 11) is 0. The van der Waals surface area contributed by atoms with E-state index in [1.807, 2.05) is 6.92 Å². The molecule has 13 heavy (non-hydrogen) atoms. The van der Waals surface area contributed by atoms with Crippen molar-refractivity contribution in [2.75, 3.05) is 19.6 Å². The van der Waals surface area contributed by atoms with Gasteiger partial charge in [-0.05, 0) is 32.2 Å². The first-order valence-electron chi connectivity index (χ1n) is 5.25. The van der Waals surface area contributed by atoms with Crippen LogP contribution >= 0.6 is 0 Å². The maximum absolute atomic E-state index is 9.14. The van der Waals surface area contributed by atoms with Crippen LogP contribution in [0.15, 0.2) is 0 Å². The Kier molecular flexibility index (Phi) is 4.16. The minimum Gasteiger partial charge on any atom is -0.393 e. The van der Waals surface area contributed by atoms with Crippen LogP contribution in [0.5, 0.6) is 0 Å². The molecule has 1 aliphatic rings. The number of aliphatic hydroxyl groups excluding tert-OH is 1. The molecular weight excluding hydrogens is 164 g/mol. The van der Waals surface area contributed by atoms with Crippen molar-refractivity contribution in [1.29, 1.82) is 0 Å². The van der Waals surface area contributed by atoms with Crippen molar-refractivity contribution in [2.45, 2.75) is 38.8 Å². The second-order valence-corrected chi connectivity index (χ2v) is 4.37. The lowest BCUT2D eigenvalue weighted by Gasteiger charge is -2.35. The monoisotopic (exact) mass is 186 g/mol. The lowest BCUT2D eigenvalue weighted by molar-refractivity contribution is 0.126. The number of nitrogens with zero attached hydrogens (tertiary/aromatic N) is 1. The van der Waals surface area contributed by atoms with Gasteiger partial charge in [-0.1, -0.05) is 6.92 Å². The van der Waals surface area contributed by atoms with E-state index in [-0.39, 0.29) is 6.10 Å². The molecule has 0 radical (unpaired) electrons. The molecule has 3 N–H and O–H groups in total. The molecule has 1 rings (SSSR count). The van der Waals surface area contributed by atoms with Crippen LogP contribution in [0, 0.1) is 5.92 Å². The third-order valence-corrected chi connectivity index (χ3v) is 2.96. The van der Waals surface area contributed by atoms with Gasteiger partial charge in [-0.3, -0.25) is 0 Å². The smallest absolute Gasteiger partial charge is 0.0524 e. The summed E-state index contributed by atoms with van der Waals surface area (Å²) >= 11 is 0. The molecule has 3 heteroatoms. The van der Waals surface area contributed by atoms with Crippen molar-refractivity contribution in [1.82, 2.24) is 4.90 Å². The van der Waals surface area contributed by atoms with E-state index in [1.165, 1.54) is 6.42 Å². The highest BCUT2D eigenvalue weighted by molar-refractivity contribution is 4.80. The Bertz CT molecular complexity index is 150. The average molecular weight is 186 g/mol. The zero-order valence-corrected chi connectivity index (χ0v) is 8.74. The number of aliphatic hydroxyl groups is 1. The Hall–Kier alpha value is -0.120. The van der Waals surface area contributed by atoms with E-state index in [4.69, 9.17) is 10.8 Å². The predicted molar refractivity (Wildman–Crippen MR) is 54.5 cm³/mol. The minimum atomic E-state index is -0.185. The molecule has 0 aliphatic carbocycles. The zero-order chi connectivity index (χ0) is 9.84. The predicted octanol–water partition coefficient (Wildman–Crippen LogP) is 0.426. The van der Waals surface area contributed by atoms with Gasteiger partial charge < -0.3 is 15.7 Å². The van der Waals surface area contributed by atoms with Crippen molar-refractivity contribution in [3.63, 3.8) is 0 Å². The number of hydrogen-bond donors (Lipinski definition) is 2. The molecule has 0 aromatic carbocycles. The molecule has 1 fully saturated rings. The fourth-order valence-electron chi connectivity index (χ4n) is 1.74. The van der Waals surface area contributed by atoms with Gasteiger partial charge in [0.1, 0.15) is 0 Å². The van der Waals surface area contributed by atoms with Gasteiger partial charge in [0.2, 0.25) is 0 Å². The van der Waals surface area contributed by atoms with E-state index >= 15 is 0 Å². The zero-order valence-electron chi connectivity index (χ0n) is 8.74.